The normalized spacial score (nSPS) is 24.7. The number of hydrogen-bond donors (Lipinski definition) is 0. The lowest BCUT2D eigenvalue weighted by Crippen LogP contribution is -2.35. The monoisotopic (exact) mass is 255 g/mol. The summed E-state index contributed by atoms with van der Waals surface area (Å²) in [6.45, 7) is 8.86. The van der Waals surface area contributed by atoms with Crippen LogP contribution in [0, 0.1) is 11.8 Å². The minimum atomic E-state index is -0.398. The van der Waals surface area contributed by atoms with Crippen molar-refractivity contribution in [3.63, 3.8) is 0 Å². The molecule has 0 aromatic rings. The van der Waals surface area contributed by atoms with Crippen LogP contribution in [0.15, 0.2) is 0 Å². The molecule has 0 radical (unpaired) electrons. The first-order valence-corrected chi connectivity index (χ1v) is 7.22. The maximum absolute atomic E-state index is 11.8. The van der Waals surface area contributed by atoms with E-state index in [9.17, 15) is 4.79 Å². The first-order valence-electron chi connectivity index (χ1n) is 7.22. The van der Waals surface area contributed by atoms with Crippen molar-refractivity contribution in [3.8, 4) is 0 Å². The Hall–Kier alpha value is -0.730. The standard InChI is InChI=1S/C15H29NO2/c1-12-7-6-8-13(11-12)9-10-16(5)14(17)18-15(2,3)4/h12-13H,6-11H2,1-5H3. The number of rotatable bonds is 3. The summed E-state index contributed by atoms with van der Waals surface area (Å²) in [6.07, 6.45) is 6.28. The maximum Gasteiger partial charge on any atom is 0.410 e. The first kappa shape index (κ1) is 15.3. The highest BCUT2D eigenvalue weighted by Crippen LogP contribution is 2.30. The van der Waals surface area contributed by atoms with Crippen LogP contribution >= 0.6 is 0 Å². The zero-order valence-electron chi connectivity index (χ0n) is 12.7. The Morgan fingerprint density at radius 2 is 2.00 bits per heavy atom. The quantitative estimate of drug-likeness (QED) is 0.760. The van der Waals surface area contributed by atoms with E-state index in [1.165, 1.54) is 25.7 Å². The molecule has 3 heteroatoms. The van der Waals surface area contributed by atoms with Gasteiger partial charge in [-0.15, -0.1) is 0 Å². The van der Waals surface area contributed by atoms with E-state index in [2.05, 4.69) is 6.92 Å². The van der Waals surface area contributed by atoms with E-state index >= 15 is 0 Å². The van der Waals surface area contributed by atoms with Crippen LogP contribution in [-0.4, -0.2) is 30.2 Å². The van der Waals surface area contributed by atoms with Crippen LogP contribution in [0.2, 0.25) is 0 Å². The molecule has 1 rings (SSSR count). The Kier molecular flexibility index (Phi) is 5.48. The molecule has 0 N–H and O–H groups in total. The molecule has 18 heavy (non-hydrogen) atoms. The van der Waals surface area contributed by atoms with Gasteiger partial charge in [0.15, 0.2) is 0 Å². The molecule has 1 aliphatic rings. The molecule has 0 aliphatic heterocycles. The van der Waals surface area contributed by atoms with Crippen molar-refractivity contribution in [1.82, 2.24) is 4.90 Å². The van der Waals surface area contributed by atoms with Gasteiger partial charge in [0.2, 0.25) is 0 Å². The second-order valence-corrected chi connectivity index (χ2v) is 6.83. The van der Waals surface area contributed by atoms with Crippen LogP contribution in [-0.2, 0) is 4.74 Å². The highest BCUT2D eigenvalue weighted by atomic mass is 16.6. The van der Waals surface area contributed by atoms with Crippen molar-refractivity contribution in [2.24, 2.45) is 11.8 Å². The van der Waals surface area contributed by atoms with Crippen molar-refractivity contribution in [2.45, 2.75) is 65.4 Å². The first-order chi connectivity index (χ1) is 8.28. The predicted octanol–water partition coefficient (Wildman–Crippen LogP) is 4.07. The molecule has 1 amide bonds. The third-order valence-corrected chi connectivity index (χ3v) is 3.62. The lowest BCUT2D eigenvalue weighted by atomic mass is 9.81. The van der Waals surface area contributed by atoms with E-state index in [-0.39, 0.29) is 6.09 Å². The van der Waals surface area contributed by atoms with E-state index in [0.29, 0.717) is 0 Å². The van der Waals surface area contributed by atoms with Gasteiger partial charge >= 0.3 is 6.09 Å². The largest absolute Gasteiger partial charge is 0.444 e. The van der Waals surface area contributed by atoms with Gasteiger partial charge in [-0.3, -0.25) is 0 Å². The number of ether oxygens (including phenoxy) is 1. The number of carbonyl (C=O) groups excluding carboxylic acids is 1. The van der Waals surface area contributed by atoms with E-state index in [1.54, 1.807) is 4.90 Å². The Bertz CT molecular complexity index is 270. The van der Waals surface area contributed by atoms with Gasteiger partial charge in [-0.25, -0.2) is 4.79 Å². The van der Waals surface area contributed by atoms with E-state index in [1.807, 2.05) is 27.8 Å². The smallest absolute Gasteiger partial charge is 0.410 e. The third kappa shape index (κ3) is 5.74. The molecule has 1 aliphatic carbocycles. The second-order valence-electron chi connectivity index (χ2n) is 6.83. The Morgan fingerprint density at radius 1 is 1.33 bits per heavy atom. The fourth-order valence-corrected chi connectivity index (χ4v) is 2.63. The van der Waals surface area contributed by atoms with Gasteiger partial charge in [0, 0.05) is 13.6 Å². The van der Waals surface area contributed by atoms with Crippen LogP contribution in [0.3, 0.4) is 0 Å². The Morgan fingerprint density at radius 3 is 2.56 bits per heavy atom. The van der Waals surface area contributed by atoms with Gasteiger partial charge in [0.1, 0.15) is 5.60 Å². The summed E-state index contributed by atoms with van der Waals surface area (Å²) in [5, 5.41) is 0. The predicted molar refractivity (Wildman–Crippen MR) is 74.6 cm³/mol. The number of hydrogen-bond acceptors (Lipinski definition) is 2. The van der Waals surface area contributed by atoms with Crippen LogP contribution in [0.1, 0.15) is 59.8 Å². The molecule has 1 saturated carbocycles. The molecule has 0 aromatic carbocycles. The Balaban J connectivity index is 2.27. The average molecular weight is 255 g/mol. The summed E-state index contributed by atoms with van der Waals surface area (Å²) in [4.78, 5) is 13.5. The van der Waals surface area contributed by atoms with E-state index in [4.69, 9.17) is 4.74 Å². The number of nitrogens with zero attached hydrogens (tertiary/aromatic N) is 1. The minimum absolute atomic E-state index is 0.202. The second kappa shape index (κ2) is 6.44. The average Bonchev–Trinajstić information content (AvgIpc) is 2.23. The summed E-state index contributed by atoms with van der Waals surface area (Å²) >= 11 is 0. The SMILES string of the molecule is CC1CCCC(CCN(C)C(=O)OC(C)(C)C)C1. The van der Waals surface area contributed by atoms with Gasteiger partial charge in [-0.1, -0.05) is 26.2 Å². The third-order valence-electron chi connectivity index (χ3n) is 3.62. The summed E-state index contributed by atoms with van der Waals surface area (Å²) in [7, 11) is 1.83. The molecule has 1 fully saturated rings. The van der Waals surface area contributed by atoms with Crippen molar-refractivity contribution < 1.29 is 9.53 Å². The van der Waals surface area contributed by atoms with E-state index in [0.717, 1.165) is 24.8 Å². The lowest BCUT2D eigenvalue weighted by Gasteiger charge is -2.29. The van der Waals surface area contributed by atoms with Crippen LogP contribution in [0.5, 0.6) is 0 Å². The van der Waals surface area contributed by atoms with Gasteiger partial charge < -0.3 is 9.64 Å². The molecule has 0 spiro atoms. The zero-order chi connectivity index (χ0) is 13.8. The summed E-state index contributed by atoms with van der Waals surface area (Å²) in [5.74, 6) is 1.65. The molecule has 106 valence electrons. The fourth-order valence-electron chi connectivity index (χ4n) is 2.63. The summed E-state index contributed by atoms with van der Waals surface area (Å²) in [5.41, 5.74) is -0.398. The van der Waals surface area contributed by atoms with Crippen molar-refractivity contribution >= 4 is 6.09 Å². The molecular formula is C15H29NO2. The molecule has 3 nitrogen and oxygen atoms in total. The van der Waals surface area contributed by atoms with Crippen molar-refractivity contribution in [1.29, 1.82) is 0 Å². The fraction of sp³-hybridized carbons (Fsp3) is 0.933. The van der Waals surface area contributed by atoms with Crippen LogP contribution < -0.4 is 0 Å². The van der Waals surface area contributed by atoms with E-state index < -0.39 is 5.60 Å². The van der Waals surface area contributed by atoms with Crippen molar-refractivity contribution in [2.75, 3.05) is 13.6 Å². The number of carbonyl (C=O) groups is 1. The molecule has 0 saturated heterocycles. The minimum Gasteiger partial charge on any atom is -0.444 e. The molecule has 0 heterocycles. The van der Waals surface area contributed by atoms with Crippen molar-refractivity contribution in [3.05, 3.63) is 0 Å². The molecule has 0 bridgehead atoms. The molecular weight excluding hydrogens is 226 g/mol. The molecule has 2 atom stereocenters. The Labute approximate surface area is 112 Å². The highest BCUT2D eigenvalue weighted by Gasteiger charge is 2.22. The topological polar surface area (TPSA) is 29.5 Å². The zero-order valence-corrected chi connectivity index (χ0v) is 12.7. The summed E-state index contributed by atoms with van der Waals surface area (Å²) in [6, 6.07) is 0. The lowest BCUT2D eigenvalue weighted by molar-refractivity contribution is 0.0286. The van der Waals surface area contributed by atoms with Gasteiger partial charge in [0.05, 0.1) is 0 Å². The highest BCUT2D eigenvalue weighted by molar-refractivity contribution is 5.67. The van der Waals surface area contributed by atoms with Gasteiger partial charge in [-0.05, 0) is 45.4 Å². The molecule has 0 aromatic heterocycles. The van der Waals surface area contributed by atoms with Gasteiger partial charge in [-0.2, -0.15) is 0 Å². The maximum atomic E-state index is 11.8. The summed E-state index contributed by atoms with van der Waals surface area (Å²) < 4.78 is 5.35. The number of amides is 1. The van der Waals surface area contributed by atoms with Gasteiger partial charge in [0.25, 0.3) is 0 Å². The molecule has 2 unspecified atom stereocenters. The van der Waals surface area contributed by atoms with Crippen LogP contribution in [0.4, 0.5) is 4.79 Å². The van der Waals surface area contributed by atoms with Crippen LogP contribution in [0.25, 0.3) is 0 Å².